The number of thioether (sulfide) groups is 1. The number of hydrogen-bond acceptors (Lipinski definition) is 4. The van der Waals surface area contributed by atoms with Crippen LogP contribution in [0.25, 0.3) is 6.08 Å². The van der Waals surface area contributed by atoms with Gasteiger partial charge in [-0.1, -0.05) is 48.3 Å². The lowest BCUT2D eigenvalue weighted by atomic mass is 10.0. The van der Waals surface area contributed by atoms with E-state index in [1.165, 1.54) is 11.8 Å². The third-order valence-electron chi connectivity index (χ3n) is 3.50. The normalized spacial score (nSPS) is 22.4. The first-order chi connectivity index (χ1) is 10.6. The maximum atomic E-state index is 12.4. The number of rotatable bonds is 3. The van der Waals surface area contributed by atoms with Crippen molar-refractivity contribution < 1.29 is 9.53 Å². The lowest BCUT2D eigenvalue weighted by molar-refractivity contribution is -0.121. The van der Waals surface area contributed by atoms with Crippen LogP contribution in [0.4, 0.5) is 0 Å². The van der Waals surface area contributed by atoms with Crippen LogP contribution in [0.2, 0.25) is 0 Å². The van der Waals surface area contributed by atoms with Crippen LogP contribution < -0.4 is 4.74 Å². The number of ether oxygens (including phenoxy) is 1. The van der Waals surface area contributed by atoms with Gasteiger partial charge in [0.15, 0.2) is 0 Å². The second kappa shape index (κ2) is 6.10. The monoisotopic (exact) mass is 329 g/mol. The molecule has 0 radical (unpaired) electrons. The molecule has 1 amide bonds. The van der Waals surface area contributed by atoms with E-state index in [1.54, 1.807) is 11.0 Å². The lowest BCUT2D eigenvalue weighted by Crippen LogP contribution is -2.28. The van der Waals surface area contributed by atoms with E-state index < -0.39 is 0 Å². The minimum absolute atomic E-state index is 0.0677. The Kier molecular flexibility index (Phi) is 4.18. The predicted molar refractivity (Wildman–Crippen MR) is 94.7 cm³/mol. The number of nitrogens with zero attached hydrogens (tertiary/aromatic N) is 1. The van der Waals surface area contributed by atoms with E-state index in [0.29, 0.717) is 15.8 Å². The SMILES string of the molecule is C=CCN1C(=O)C(=CC2=Cc3ccccc3OC2C)SC1=S. The van der Waals surface area contributed by atoms with Gasteiger partial charge >= 0.3 is 0 Å². The fourth-order valence-electron chi connectivity index (χ4n) is 2.36. The first kappa shape index (κ1) is 15.1. The molecule has 22 heavy (non-hydrogen) atoms. The number of thiocarbonyl (C=S) groups is 1. The van der Waals surface area contributed by atoms with Gasteiger partial charge in [-0.25, -0.2) is 0 Å². The van der Waals surface area contributed by atoms with Crippen molar-refractivity contribution in [1.82, 2.24) is 4.90 Å². The number of fused-ring (bicyclic) bond motifs is 1. The van der Waals surface area contributed by atoms with E-state index in [0.717, 1.165) is 16.9 Å². The smallest absolute Gasteiger partial charge is 0.266 e. The first-order valence-corrected chi connectivity index (χ1v) is 8.16. The molecule has 0 aliphatic carbocycles. The van der Waals surface area contributed by atoms with Gasteiger partial charge in [0, 0.05) is 12.1 Å². The minimum atomic E-state index is -0.0992. The Morgan fingerprint density at radius 2 is 2.23 bits per heavy atom. The highest BCUT2D eigenvalue weighted by molar-refractivity contribution is 8.26. The first-order valence-electron chi connectivity index (χ1n) is 6.93. The molecule has 3 rings (SSSR count). The van der Waals surface area contributed by atoms with Crippen LogP contribution in [0.1, 0.15) is 12.5 Å². The molecule has 1 atom stereocenters. The zero-order valence-corrected chi connectivity index (χ0v) is 13.7. The Balaban J connectivity index is 1.92. The second-order valence-electron chi connectivity index (χ2n) is 5.02. The van der Waals surface area contributed by atoms with Crippen LogP contribution in [-0.2, 0) is 4.79 Å². The van der Waals surface area contributed by atoms with Crippen LogP contribution in [0.15, 0.2) is 53.5 Å². The summed E-state index contributed by atoms with van der Waals surface area (Å²) >= 11 is 6.57. The molecule has 1 aromatic rings. The van der Waals surface area contributed by atoms with Gasteiger partial charge in [-0.05, 0) is 30.7 Å². The van der Waals surface area contributed by atoms with Crippen LogP contribution in [0, 0.1) is 0 Å². The lowest BCUT2D eigenvalue weighted by Gasteiger charge is -2.23. The summed E-state index contributed by atoms with van der Waals surface area (Å²) in [5.74, 6) is 0.799. The van der Waals surface area contributed by atoms with Gasteiger partial charge in [-0.15, -0.1) is 6.58 Å². The summed E-state index contributed by atoms with van der Waals surface area (Å²) in [7, 11) is 0. The summed E-state index contributed by atoms with van der Waals surface area (Å²) in [6.45, 7) is 6.07. The Hall–Kier alpha value is -1.85. The van der Waals surface area contributed by atoms with Gasteiger partial charge < -0.3 is 4.74 Å². The molecule has 3 nitrogen and oxygen atoms in total. The average molecular weight is 329 g/mol. The minimum Gasteiger partial charge on any atom is -0.485 e. The molecule has 112 valence electrons. The van der Waals surface area contributed by atoms with E-state index in [9.17, 15) is 4.79 Å². The van der Waals surface area contributed by atoms with Gasteiger partial charge in [0.05, 0.1) is 4.91 Å². The van der Waals surface area contributed by atoms with Crippen molar-refractivity contribution in [2.45, 2.75) is 13.0 Å². The standard InChI is InChI=1S/C17H15NO2S2/c1-3-8-18-16(19)15(22-17(18)21)10-13-9-12-6-4-5-7-14(12)20-11(13)2/h3-7,9-11H,1,8H2,2H3. The molecular weight excluding hydrogens is 314 g/mol. The zero-order chi connectivity index (χ0) is 15.7. The summed E-state index contributed by atoms with van der Waals surface area (Å²) in [6.07, 6.45) is 5.51. The van der Waals surface area contributed by atoms with Crippen LogP contribution >= 0.6 is 24.0 Å². The van der Waals surface area contributed by atoms with Crippen molar-refractivity contribution in [3.8, 4) is 5.75 Å². The predicted octanol–water partition coefficient (Wildman–Crippen LogP) is 3.78. The maximum Gasteiger partial charge on any atom is 0.266 e. The van der Waals surface area contributed by atoms with Crippen LogP contribution in [-0.4, -0.2) is 27.8 Å². The average Bonchev–Trinajstić information content (AvgIpc) is 2.76. The van der Waals surface area contributed by atoms with Gasteiger partial charge in [0.25, 0.3) is 5.91 Å². The Morgan fingerprint density at radius 1 is 1.45 bits per heavy atom. The van der Waals surface area contributed by atoms with Gasteiger partial charge in [0.2, 0.25) is 0 Å². The summed E-state index contributed by atoms with van der Waals surface area (Å²) in [6, 6.07) is 7.86. The quantitative estimate of drug-likeness (QED) is 0.479. The number of carbonyl (C=O) groups is 1. The third kappa shape index (κ3) is 2.74. The molecule has 0 spiro atoms. The summed E-state index contributed by atoms with van der Waals surface area (Å²) in [4.78, 5) is 14.6. The molecule has 1 fully saturated rings. The molecule has 0 bridgehead atoms. The number of amides is 1. The molecule has 1 unspecified atom stereocenters. The molecular formula is C17H15NO2S2. The summed E-state index contributed by atoms with van der Waals surface area (Å²) < 4.78 is 6.47. The Morgan fingerprint density at radius 3 is 3.00 bits per heavy atom. The number of benzene rings is 1. The van der Waals surface area contributed by atoms with E-state index >= 15 is 0 Å². The maximum absolute atomic E-state index is 12.4. The molecule has 0 aromatic heterocycles. The van der Waals surface area contributed by atoms with Crippen LogP contribution in [0.3, 0.4) is 0 Å². The molecule has 2 heterocycles. The van der Waals surface area contributed by atoms with E-state index in [-0.39, 0.29) is 12.0 Å². The van der Waals surface area contributed by atoms with Crippen molar-refractivity contribution >= 4 is 40.3 Å². The largest absolute Gasteiger partial charge is 0.485 e. The van der Waals surface area contributed by atoms with Gasteiger partial charge in [-0.2, -0.15) is 0 Å². The topological polar surface area (TPSA) is 29.5 Å². The van der Waals surface area contributed by atoms with E-state index in [1.807, 2.05) is 37.3 Å². The number of carbonyl (C=O) groups excluding carboxylic acids is 1. The van der Waals surface area contributed by atoms with Crippen LogP contribution in [0.5, 0.6) is 5.75 Å². The fourth-order valence-corrected chi connectivity index (χ4v) is 3.63. The van der Waals surface area contributed by atoms with E-state index in [2.05, 4.69) is 12.7 Å². The molecule has 2 aliphatic heterocycles. The highest BCUT2D eigenvalue weighted by Gasteiger charge is 2.32. The third-order valence-corrected chi connectivity index (χ3v) is 4.88. The summed E-state index contributed by atoms with van der Waals surface area (Å²) in [5.41, 5.74) is 1.99. The van der Waals surface area contributed by atoms with Crippen molar-refractivity contribution in [2.24, 2.45) is 0 Å². The van der Waals surface area contributed by atoms with Crippen molar-refractivity contribution in [3.63, 3.8) is 0 Å². The molecule has 1 aromatic carbocycles. The zero-order valence-electron chi connectivity index (χ0n) is 12.1. The van der Waals surface area contributed by atoms with Gasteiger partial charge in [-0.3, -0.25) is 9.69 Å². The molecule has 1 saturated heterocycles. The molecule has 0 saturated carbocycles. The molecule has 2 aliphatic rings. The molecule has 0 N–H and O–H groups in total. The Labute approximate surface area is 139 Å². The number of para-hydroxylation sites is 1. The van der Waals surface area contributed by atoms with Crippen molar-refractivity contribution in [2.75, 3.05) is 6.54 Å². The van der Waals surface area contributed by atoms with E-state index in [4.69, 9.17) is 17.0 Å². The Bertz CT molecular complexity index is 721. The number of hydrogen-bond donors (Lipinski definition) is 0. The second-order valence-corrected chi connectivity index (χ2v) is 6.70. The highest BCUT2D eigenvalue weighted by atomic mass is 32.2. The fraction of sp³-hybridized carbons (Fsp3) is 0.176. The van der Waals surface area contributed by atoms with Crippen molar-refractivity contribution in [3.05, 3.63) is 59.0 Å². The van der Waals surface area contributed by atoms with Crippen molar-refractivity contribution in [1.29, 1.82) is 0 Å². The summed E-state index contributed by atoms with van der Waals surface area (Å²) in [5, 5.41) is 0. The highest BCUT2D eigenvalue weighted by Crippen LogP contribution is 2.35. The van der Waals surface area contributed by atoms with Gasteiger partial charge in [0.1, 0.15) is 16.2 Å². The molecule has 5 heteroatoms.